The summed E-state index contributed by atoms with van der Waals surface area (Å²) in [7, 11) is 0. The molecular formula is C30H59NO4. The summed E-state index contributed by atoms with van der Waals surface area (Å²) in [5, 5.41) is 33.0. The molecule has 3 atom stereocenters. The van der Waals surface area contributed by atoms with Gasteiger partial charge in [-0.05, 0) is 32.1 Å². The highest BCUT2D eigenvalue weighted by molar-refractivity contribution is 5.76. The van der Waals surface area contributed by atoms with Gasteiger partial charge in [-0.15, -0.1) is 0 Å². The van der Waals surface area contributed by atoms with E-state index in [1.165, 1.54) is 77.0 Å². The molecule has 0 aliphatic carbocycles. The second-order valence-corrected chi connectivity index (χ2v) is 10.3. The Hall–Kier alpha value is -0.910. The van der Waals surface area contributed by atoms with Crippen molar-refractivity contribution in [2.24, 2.45) is 0 Å². The van der Waals surface area contributed by atoms with Crippen LogP contribution in [0.3, 0.4) is 0 Å². The number of allylic oxidation sites excluding steroid dienone is 2. The van der Waals surface area contributed by atoms with E-state index in [9.17, 15) is 20.1 Å². The summed E-state index contributed by atoms with van der Waals surface area (Å²) in [4.78, 5) is 12.2. The van der Waals surface area contributed by atoms with Crippen LogP contribution < -0.4 is 5.32 Å². The van der Waals surface area contributed by atoms with Crippen LogP contribution in [-0.2, 0) is 4.79 Å². The molecule has 0 rings (SSSR count). The lowest BCUT2D eigenvalue weighted by atomic mass is 9.99. The molecular weight excluding hydrogens is 438 g/mol. The van der Waals surface area contributed by atoms with E-state index >= 15 is 0 Å². The van der Waals surface area contributed by atoms with Gasteiger partial charge < -0.3 is 20.6 Å². The van der Waals surface area contributed by atoms with Crippen molar-refractivity contribution in [2.45, 2.75) is 167 Å². The minimum Gasteiger partial charge on any atom is -0.394 e. The summed E-state index contributed by atoms with van der Waals surface area (Å²) >= 11 is 0. The monoisotopic (exact) mass is 497 g/mol. The minimum atomic E-state index is -1.13. The molecule has 0 aliphatic rings. The van der Waals surface area contributed by atoms with Crippen molar-refractivity contribution in [1.82, 2.24) is 5.32 Å². The number of unbranched alkanes of at least 4 members (excludes halogenated alkanes) is 16. The average molecular weight is 498 g/mol. The van der Waals surface area contributed by atoms with E-state index < -0.39 is 18.2 Å². The Labute approximate surface area is 217 Å². The van der Waals surface area contributed by atoms with E-state index in [4.69, 9.17) is 0 Å². The summed E-state index contributed by atoms with van der Waals surface area (Å²) in [5.74, 6) is -0.159. The highest BCUT2D eigenvalue weighted by Gasteiger charge is 2.26. The molecule has 208 valence electrons. The van der Waals surface area contributed by atoms with Gasteiger partial charge >= 0.3 is 0 Å². The van der Waals surface area contributed by atoms with Crippen LogP contribution in [0, 0.1) is 0 Å². The molecule has 0 bridgehead atoms. The largest absolute Gasteiger partial charge is 0.394 e. The summed E-state index contributed by atoms with van der Waals surface area (Å²) in [5.41, 5.74) is 0. The molecule has 0 aromatic rings. The zero-order chi connectivity index (χ0) is 26.0. The van der Waals surface area contributed by atoms with Crippen LogP contribution in [0.25, 0.3) is 0 Å². The van der Waals surface area contributed by atoms with Crippen LogP contribution in [0.5, 0.6) is 0 Å². The molecule has 0 aromatic carbocycles. The van der Waals surface area contributed by atoms with E-state index in [1.54, 1.807) is 0 Å². The molecule has 0 saturated heterocycles. The van der Waals surface area contributed by atoms with E-state index in [2.05, 4.69) is 31.3 Å². The second-order valence-electron chi connectivity index (χ2n) is 10.3. The number of carbonyl (C=O) groups excluding carboxylic acids is 1. The third kappa shape index (κ3) is 22.0. The van der Waals surface area contributed by atoms with Crippen molar-refractivity contribution >= 4 is 5.91 Å². The van der Waals surface area contributed by atoms with Crippen molar-refractivity contribution in [3.05, 3.63) is 12.2 Å². The Morgan fingerprint density at radius 1 is 0.686 bits per heavy atom. The number of aliphatic hydroxyl groups excluding tert-OH is 3. The Morgan fingerprint density at radius 2 is 1.17 bits per heavy atom. The first-order chi connectivity index (χ1) is 17.1. The SMILES string of the molecule is CCCC/C=C\CCCCCCCC(=O)NC(CO)C(O)C(O)CCCCCCCCCCCC. The zero-order valence-corrected chi connectivity index (χ0v) is 23.2. The molecule has 0 aromatic heterocycles. The summed E-state index contributed by atoms with van der Waals surface area (Å²) in [6, 6.07) is -0.805. The first kappa shape index (κ1) is 34.1. The molecule has 4 N–H and O–H groups in total. The first-order valence-electron chi connectivity index (χ1n) is 15.0. The number of nitrogens with one attached hydrogen (secondary N) is 1. The molecule has 5 nitrogen and oxygen atoms in total. The number of hydrogen-bond donors (Lipinski definition) is 4. The fraction of sp³-hybridized carbons (Fsp3) is 0.900. The van der Waals surface area contributed by atoms with Gasteiger partial charge in [-0.1, -0.05) is 122 Å². The highest BCUT2D eigenvalue weighted by atomic mass is 16.3. The van der Waals surface area contributed by atoms with Crippen molar-refractivity contribution in [1.29, 1.82) is 0 Å². The van der Waals surface area contributed by atoms with Crippen molar-refractivity contribution < 1.29 is 20.1 Å². The van der Waals surface area contributed by atoms with Gasteiger partial charge in [0.15, 0.2) is 0 Å². The van der Waals surface area contributed by atoms with Crippen LogP contribution in [-0.4, -0.2) is 46.1 Å². The topological polar surface area (TPSA) is 89.8 Å². The Kier molecular flexibility index (Phi) is 25.5. The van der Waals surface area contributed by atoms with E-state index in [0.29, 0.717) is 12.8 Å². The fourth-order valence-corrected chi connectivity index (χ4v) is 4.43. The summed E-state index contributed by atoms with van der Waals surface area (Å²) in [6.45, 7) is 4.08. The molecule has 0 aliphatic heterocycles. The molecule has 35 heavy (non-hydrogen) atoms. The number of rotatable bonds is 26. The van der Waals surface area contributed by atoms with Gasteiger partial charge in [0.2, 0.25) is 5.91 Å². The van der Waals surface area contributed by atoms with E-state index in [1.807, 2.05) is 0 Å². The highest BCUT2D eigenvalue weighted by Crippen LogP contribution is 2.14. The third-order valence-corrected chi connectivity index (χ3v) is 6.87. The van der Waals surface area contributed by atoms with Crippen LogP contribution in [0.4, 0.5) is 0 Å². The smallest absolute Gasteiger partial charge is 0.220 e. The number of carbonyl (C=O) groups is 1. The standard InChI is InChI=1S/C30H59NO4/c1-3-5-7-9-11-13-15-17-19-21-23-25-29(34)31-27(26-32)30(35)28(33)24-22-20-18-16-14-12-10-8-6-4-2/h9,11,27-28,30,32-33,35H,3-8,10,12-26H2,1-2H3,(H,31,34)/b11-9-. The second kappa shape index (κ2) is 26.2. The first-order valence-corrected chi connectivity index (χ1v) is 15.0. The van der Waals surface area contributed by atoms with E-state index in [0.717, 1.165) is 44.9 Å². The van der Waals surface area contributed by atoms with Gasteiger partial charge in [0.1, 0.15) is 6.10 Å². The normalized spacial score (nSPS) is 14.3. The molecule has 0 spiro atoms. The van der Waals surface area contributed by atoms with Crippen molar-refractivity contribution in [3.8, 4) is 0 Å². The maximum Gasteiger partial charge on any atom is 0.220 e. The third-order valence-electron chi connectivity index (χ3n) is 6.87. The molecule has 0 fully saturated rings. The van der Waals surface area contributed by atoms with Crippen molar-refractivity contribution in [3.63, 3.8) is 0 Å². The van der Waals surface area contributed by atoms with Gasteiger partial charge in [-0.2, -0.15) is 0 Å². The number of amides is 1. The van der Waals surface area contributed by atoms with Gasteiger partial charge in [0, 0.05) is 6.42 Å². The maximum atomic E-state index is 12.2. The van der Waals surface area contributed by atoms with Gasteiger partial charge in [0.05, 0.1) is 18.8 Å². The van der Waals surface area contributed by atoms with Crippen LogP contribution in [0.1, 0.15) is 149 Å². The summed E-state index contributed by atoms with van der Waals surface area (Å²) in [6.07, 6.45) is 25.8. The van der Waals surface area contributed by atoms with Crippen LogP contribution >= 0.6 is 0 Å². The minimum absolute atomic E-state index is 0.159. The lowest BCUT2D eigenvalue weighted by Gasteiger charge is -2.26. The van der Waals surface area contributed by atoms with Gasteiger partial charge in [-0.3, -0.25) is 4.79 Å². The molecule has 0 heterocycles. The Morgan fingerprint density at radius 3 is 1.74 bits per heavy atom. The number of hydrogen-bond acceptors (Lipinski definition) is 4. The average Bonchev–Trinajstić information content (AvgIpc) is 2.86. The predicted molar refractivity (Wildman–Crippen MR) is 148 cm³/mol. The maximum absolute atomic E-state index is 12.2. The lowest BCUT2D eigenvalue weighted by Crippen LogP contribution is -2.50. The molecule has 0 radical (unpaired) electrons. The molecule has 1 amide bonds. The zero-order valence-electron chi connectivity index (χ0n) is 23.2. The molecule has 3 unspecified atom stereocenters. The van der Waals surface area contributed by atoms with Crippen molar-refractivity contribution in [2.75, 3.05) is 6.61 Å². The van der Waals surface area contributed by atoms with Crippen LogP contribution in [0.2, 0.25) is 0 Å². The quantitative estimate of drug-likeness (QED) is 0.0767. The summed E-state index contributed by atoms with van der Waals surface area (Å²) < 4.78 is 0. The van der Waals surface area contributed by atoms with Gasteiger partial charge in [-0.25, -0.2) is 0 Å². The Bertz CT molecular complexity index is 483. The van der Waals surface area contributed by atoms with E-state index in [-0.39, 0.29) is 12.5 Å². The molecule has 5 heteroatoms. The number of aliphatic hydroxyl groups is 3. The van der Waals surface area contributed by atoms with Crippen LogP contribution in [0.15, 0.2) is 12.2 Å². The molecule has 0 saturated carbocycles. The van der Waals surface area contributed by atoms with Gasteiger partial charge in [0.25, 0.3) is 0 Å². The Balaban J connectivity index is 3.79. The predicted octanol–water partition coefficient (Wildman–Crippen LogP) is 6.97. The lowest BCUT2D eigenvalue weighted by molar-refractivity contribution is -0.124. The fourth-order valence-electron chi connectivity index (χ4n) is 4.43.